The van der Waals surface area contributed by atoms with Gasteiger partial charge in [-0.3, -0.25) is 4.79 Å². The van der Waals surface area contributed by atoms with E-state index in [-0.39, 0.29) is 11.9 Å². The van der Waals surface area contributed by atoms with E-state index in [1.54, 1.807) is 23.1 Å². The largest absolute Gasteiger partial charge is 0.340 e. The molecule has 2 aromatic heterocycles. The Bertz CT molecular complexity index is 1280. The summed E-state index contributed by atoms with van der Waals surface area (Å²) in [5.74, 6) is 0.866. The molecule has 1 fully saturated rings. The second-order valence-electron chi connectivity index (χ2n) is 8.10. The molecule has 0 spiro atoms. The van der Waals surface area contributed by atoms with Gasteiger partial charge in [-0.05, 0) is 55.7 Å². The third kappa shape index (κ3) is 3.73. The summed E-state index contributed by atoms with van der Waals surface area (Å²) in [5, 5.41) is 0.909. The van der Waals surface area contributed by atoms with Crippen LogP contribution in [-0.2, 0) is 6.42 Å². The van der Waals surface area contributed by atoms with Crippen LogP contribution in [0.4, 0.5) is 0 Å². The fourth-order valence-corrected chi connectivity index (χ4v) is 5.92. The maximum atomic E-state index is 13.7. The van der Waals surface area contributed by atoms with Crippen molar-refractivity contribution in [2.75, 3.05) is 12.8 Å². The molecule has 5 rings (SSSR count). The minimum atomic E-state index is -0.0538. The number of fused-ring (bicyclic) bond motifs is 1. The molecule has 0 radical (unpaired) electrons. The minimum absolute atomic E-state index is 0.00281. The van der Waals surface area contributed by atoms with Gasteiger partial charge in [0.2, 0.25) is 0 Å². The standard InChI is InChI=1S/C25H26N4OS2/c1-4-16-10-12-17(13-11-16)23-22(26-15(2)32-23)25(30)29-14-6-8-19(29)24-27-18-7-5-9-20(31-3)21(18)28-24/h5,7,9-13,19H,4,6,8,14H2,1-3H3,(H,27,28)/t19-/m0/s1. The first-order chi connectivity index (χ1) is 15.6. The highest BCUT2D eigenvalue weighted by Gasteiger charge is 2.35. The van der Waals surface area contributed by atoms with E-state index in [4.69, 9.17) is 4.98 Å². The molecule has 4 aromatic rings. The van der Waals surface area contributed by atoms with Gasteiger partial charge in [0.25, 0.3) is 5.91 Å². The summed E-state index contributed by atoms with van der Waals surface area (Å²) < 4.78 is 0. The average molecular weight is 463 g/mol. The summed E-state index contributed by atoms with van der Waals surface area (Å²) in [7, 11) is 0. The number of carbonyl (C=O) groups is 1. The Hall–Kier alpha value is -2.64. The Labute approximate surface area is 196 Å². The van der Waals surface area contributed by atoms with Crippen LogP contribution in [0.1, 0.15) is 52.7 Å². The number of thiazole rings is 1. The topological polar surface area (TPSA) is 61.9 Å². The predicted octanol–water partition coefficient (Wildman–Crippen LogP) is 6.26. The highest BCUT2D eigenvalue weighted by Crippen LogP contribution is 2.37. The average Bonchev–Trinajstić information content (AvgIpc) is 3.55. The molecule has 1 amide bonds. The second kappa shape index (κ2) is 8.71. The Morgan fingerprint density at radius 2 is 2.03 bits per heavy atom. The van der Waals surface area contributed by atoms with Gasteiger partial charge >= 0.3 is 0 Å². The van der Waals surface area contributed by atoms with Crippen LogP contribution in [0.3, 0.4) is 0 Å². The highest BCUT2D eigenvalue weighted by atomic mass is 32.2. The van der Waals surface area contributed by atoms with E-state index in [1.165, 1.54) is 5.56 Å². The summed E-state index contributed by atoms with van der Waals surface area (Å²) in [6.07, 6.45) is 4.93. The van der Waals surface area contributed by atoms with Crippen molar-refractivity contribution >= 4 is 40.0 Å². The van der Waals surface area contributed by atoms with Crippen LogP contribution in [0, 0.1) is 6.92 Å². The predicted molar refractivity (Wildman–Crippen MR) is 133 cm³/mol. The number of imidazole rings is 1. The molecule has 1 aliphatic heterocycles. The van der Waals surface area contributed by atoms with E-state index in [9.17, 15) is 4.79 Å². The monoisotopic (exact) mass is 462 g/mol. The van der Waals surface area contributed by atoms with Crippen molar-refractivity contribution in [2.45, 2.75) is 44.0 Å². The third-order valence-corrected chi connectivity index (χ3v) is 7.89. The number of aromatic amines is 1. The number of carbonyl (C=O) groups excluding carboxylic acids is 1. The first-order valence-electron chi connectivity index (χ1n) is 11.0. The number of hydrogen-bond acceptors (Lipinski definition) is 5. The maximum absolute atomic E-state index is 13.7. The molecule has 0 saturated carbocycles. The van der Waals surface area contributed by atoms with Crippen molar-refractivity contribution in [3.63, 3.8) is 0 Å². The lowest BCUT2D eigenvalue weighted by atomic mass is 10.1. The number of thioether (sulfide) groups is 1. The Morgan fingerprint density at radius 1 is 1.22 bits per heavy atom. The smallest absolute Gasteiger partial charge is 0.274 e. The lowest BCUT2D eigenvalue weighted by molar-refractivity contribution is 0.0726. The van der Waals surface area contributed by atoms with Crippen LogP contribution in [-0.4, -0.2) is 38.6 Å². The SMILES string of the molecule is CCc1ccc(-c2sc(C)nc2C(=O)N2CCC[C@H]2c2nc3c(SC)cccc3[nH]2)cc1. The van der Waals surface area contributed by atoms with Gasteiger partial charge in [-0.2, -0.15) is 0 Å². The fraction of sp³-hybridized carbons (Fsp3) is 0.320. The van der Waals surface area contributed by atoms with Gasteiger partial charge in [-0.1, -0.05) is 37.3 Å². The molecule has 0 unspecified atom stereocenters. The number of H-pyrrole nitrogens is 1. The lowest BCUT2D eigenvalue weighted by Crippen LogP contribution is -2.31. The lowest BCUT2D eigenvalue weighted by Gasteiger charge is -2.23. The van der Waals surface area contributed by atoms with Crippen LogP contribution in [0.5, 0.6) is 0 Å². The van der Waals surface area contributed by atoms with Crippen molar-refractivity contribution in [1.29, 1.82) is 0 Å². The summed E-state index contributed by atoms with van der Waals surface area (Å²) in [5.41, 5.74) is 4.91. The zero-order valence-electron chi connectivity index (χ0n) is 18.5. The number of likely N-dealkylation sites (tertiary alicyclic amines) is 1. The van der Waals surface area contributed by atoms with Crippen molar-refractivity contribution in [3.05, 3.63) is 64.6 Å². The van der Waals surface area contributed by atoms with Crippen molar-refractivity contribution < 1.29 is 4.79 Å². The van der Waals surface area contributed by atoms with Crippen LogP contribution in [0.2, 0.25) is 0 Å². The van der Waals surface area contributed by atoms with Crippen LogP contribution >= 0.6 is 23.1 Å². The van der Waals surface area contributed by atoms with Crippen molar-refractivity contribution in [2.24, 2.45) is 0 Å². The number of rotatable bonds is 5. The van der Waals surface area contributed by atoms with E-state index in [1.807, 2.05) is 17.9 Å². The Morgan fingerprint density at radius 3 is 2.78 bits per heavy atom. The number of amides is 1. The molecule has 164 valence electrons. The number of para-hydroxylation sites is 1. The number of benzene rings is 2. The molecule has 2 aromatic carbocycles. The first kappa shape index (κ1) is 21.2. The molecule has 1 N–H and O–H groups in total. The summed E-state index contributed by atoms with van der Waals surface area (Å²) in [6.45, 7) is 4.84. The minimum Gasteiger partial charge on any atom is -0.340 e. The van der Waals surface area contributed by atoms with Gasteiger partial charge in [0.1, 0.15) is 17.0 Å². The van der Waals surface area contributed by atoms with Crippen LogP contribution in [0.15, 0.2) is 47.4 Å². The second-order valence-corrected chi connectivity index (χ2v) is 10.1. The molecule has 32 heavy (non-hydrogen) atoms. The summed E-state index contributed by atoms with van der Waals surface area (Å²) >= 11 is 3.28. The molecule has 1 aliphatic rings. The molecule has 1 saturated heterocycles. The summed E-state index contributed by atoms with van der Waals surface area (Å²) in [4.78, 5) is 30.8. The molecule has 3 heterocycles. The fourth-order valence-electron chi connectivity index (χ4n) is 4.44. The van der Waals surface area contributed by atoms with Gasteiger partial charge in [0.15, 0.2) is 0 Å². The molecule has 5 nitrogen and oxygen atoms in total. The molecular weight excluding hydrogens is 436 g/mol. The normalized spacial score (nSPS) is 16.2. The van der Waals surface area contributed by atoms with E-state index in [0.717, 1.165) is 63.0 Å². The van der Waals surface area contributed by atoms with Gasteiger partial charge in [-0.15, -0.1) is 23.1 Å². The molecule has 7 heteroatoms. The van der Waals surface area contributed by atoms with Gasteiger partial charge in [0, 0.05) is 11.4 Å². The Balaban J connectivity index is 1.49. The maximum Gasteiger partial charge on any atom is 0.274 e. The van der Waals surface area contributed by atoms with E-state index in [0.29, 0.717) is 5.69 Å². The van der Waals surface area contributed by atoms with Gasteiger partial charge < -0.3 is 9.88 Å². The highest BCUT2D eigenvalue weighted by molar-refractivity contribution is 7.98. The molecular formula is C25H26N4OS2. The zero-order chi connectivity index (χ0) is 22.2. The molecule has 0 bridgehead atoms. The first-order valence-corrected chi connectivity index (χ1v) is 13.0. The van der Waals surface area contributed by atoms with E-state index in [2.05, 4.69) is 59.5 Å². The van der Waals surface area contributed by atoms with Gasteiger partial charge in [0.05, 0.1) is 21.4 Å². The number of nitrogens with one attached hydrogen (secondary N) is 1. The molecule has 1 atom stereocenters. The zero-order valence-corrected chi connectivity index (χ0v) is 20.1. The van der Waals surface area contributed by atoms with Crippen molar-refractivity contribution in [1.82, 2.24) is 19.9 Å². The number of nitrogens with zero attached hydrogens (tertiary/aromatic N) is 3. The number of aromatic nitrogens is 3. The summed E-state index contributed by atoms with van der Waals surface area (Å²) in [6, 6.07) is 14.6. The number of aryl methyl sites for hydroxylation is 2. The van der Waals surface area contributed by atoms with E-state index >= 15 is 0 Å². The van der Waals surface area contributed by atoms with E-state index < -0.39 is 0 Å². The Kier molecular flexibility index (Phi) is 5.78. The van der Waals surface area contributed by atoms with Gasteiger partial charge in [-0.25, -0.2) is 9.97 Å². The van der Waals surface area contributed by atoms with Crippen molar-refractivity contribution in [3.8, 4) is 10.4 Å². The quantitative estimate of drug-likeness (QED) is 0.356. The van der Waals surface area contributed by atoms with Crippen LogP contribution in [0.25, 0.3) is 21.5 Å². The molecule has 0 aliphatic carbocycles. The number of hydrogen-bond donors (Lipinski definition) is 1. The third-order valence-electron chi connectivity index (χ3n) is 6.10. The van der Waals surface area contributed by atoms with Crippen LogP contribution < -0.4 is 0 Å².